The average Bonchev–Trinajstić information content (AvgIpc) is 1.69. The number of guanidine groups is 1. The van der Waals surface area contributed by atoms with Crippen molar-refractivity contribution < 1.29 is 87.5 Å². The molecule has 0 spiro atoms. The van der Waals surface area contributed by atoms with Crippen LogP contribution in [0.25, 0.3) is 10.9 Å². The summed E-state index contributed by atoms with van der Waals surface area (Å²) in [5.74, 6) is -13.1. The van der Waals surface area contributed by atoms with Crippen LogP contribution in [-0.2, 0) is 99.4 Å². The number of aliphatic carboxylic acids is 1. The Kier molecular flexibility index (Phi) is 37.8. The highest BCUT2D eigenvalue weighted by molar-refractivity contribution is 5.99. The Morgan fingerprint density at radius 3 is 1.60 bits per heavy atom. The van der Waals surface area contributed by atoms with Gasteiger partial charge in [0.05, 0.1) is 25.8 Å². The van der Waals surface area contributed by atoms with E-state index in [2.05, 4.69) is 79.1 Å². The summed E-state index contributed by atoms with van der Waals surface area (Å²) in [5, 5.41) is 88.0. The van der Waals surface area contributed by atoms with Gasteiger partial charge in [0.2, 0.25) is 76.8 Å². The maximum atomic E-state index is 15.0. The zero-order valence-electron chi connectivity index (χ0n) is 65.7. The number of aromatic hydroxyl groups is 2. The topological polar surface area (TPSA) is 613 Å². The normalized spacial score (nSPS) is 13.7. The van der Waals surface area contributed by atoms with Gasteiger partial charge in [0.1, 0.15) is 77.6 Å². The molecule has 0 bridgehead atoms. The van der Waals surface area contributed by atoms with Gasteiger partial charge in [-0.25, -0.2) is 9.48 Å². The van der Waals surface area contributed by atoms with Gasteiger partial charge in [-0.1, -0.05) is 112 Å². The van der Waals surface area contributed by atoms with E-state index in [4.69, 9.17) is 22.6 Å². The number of nitrogens with two attached hydrogens (primary N) is 3. The Morgan fingerprint density at radius 2 is 1.02 bits per heavy atom. The average molecular weight is 1630 g/mol. The number of phenols is 2. The third-order valence-corrected chi connectivity index (χ3v) is 18.7. The molecule has 632 valence electrons. The molecular formula is C79H108N20O18. The van der Waals surface area contributed by atoms with Crippen LogP contribution in [0, 0.1) is 11.3 Å². The van der Waals surface area contributed by atoms with Crippen molar-refractivity contribution in [3.05, 3.63) is 143 Å². The maximum absolute atomic E-state index is 15.0. The van der Waals surface area contributed by atoms with Crippen molar-refractivity contribution in [1.29, 1.82) is 5.41 Å². The van der Waals surface area contributed by atoms with Gasteiger partial charge >= 0.3 is 5.97 Å². The fourth-order valence-electron chi connectivity index (χ4n) is 12.5. The number of fused-ring (bicyclic) bond motifs is 1. The first kappa shape index (κ1) is 92.8. The third kappa shape index (κ3) is 32.4. The van der Waals surface area contributed by atoms with E-state index < -0.39 is 156 Å². The lowest BCUT2D eigenvalue weighted by atomic mass is 10.0. The number of primary amides is 2. The molecule has 0 aliphatic carbocycles. The number of aromatic nitrogens is 4. The molecule has 0 aliphatic rings. The zero-order chi connectivity index (χ0) is 85.7. The lowest BCUT2D eigenvalue weighted by molar-refractivity contribution is -0.142. The Morgan fingerprint density at radius 1 is 0.504 bits per heavy atom. The molecule has 2 aromatic heterocycles. The summed E-state index contributed by atoms with van der Waals surface area (Å²) in [7, 11) is 0. The molecule has 6 aromatic rings. The highest BCUT2D eigenvalue weighted by Crippen LogP contribution is 2.22. The second kappa shape index (κ2) is 47.6. The monoisotopic (exact) mass is 1620 g/mol. The number of aliphatic hydroxyl groups excluding tert-OH is 1. The third-order valence-electron chi connectivity index (χ3n) is 18.7. The van der Waals surface area contributed by atoms with Gasteiger partial charge in [-0.2, -0.15) is 0 Å². The number of aliphatic hydroxyl groups is 1. The predicted octanol–water partition coefficient (Wildman–Crippen LogP) is -0.924. The van der Waals surface area contributed by atoms with Gasteiger partial charge in [0.25, 0.3) is 0 Å². The maximum Gasteiger partial charge on any atom is 0.326 e. The van der Waals surface area contributed by atoms with E-state index in [1.807, 2.05) is 20.8 Å². The lowest BCUT2D eigenvalue weighted by Gasteiger charge is -2.27. The SMILES string of the molecule is CCCCCC(=O)N[C@@H](CCC(=O)NCCCC[C@H](NC(=O)[C@H](Cc1ccc(O)cc1)NC(C)=O)C(=O)N[C@@H](Cc1c[nH]c2ccccc12)C(=O)N[C@@H](CC(N)=O)C(=O)N[C@@H](CO)C(=O)N[C@@H](Cc1ccccc1)C(=O)NCc1cn([C@@H](CC(C)C)C(=O)N[C@@H](CCCNC(=N)N)C(=O)N[C@@H](Cc2ccc(O)cc2)C(N)=O)nn1)C(=O)O. The highest BCUT2D eigenvalue weighted by atomic mass is 16.4. The quantitative estimate of drug-likeness (QED) is 0.0125. The van der Waals surface area contributed by atoms with E-state index >= 15 is 0 Å². The molecule has 0 unspecified atom stereocenters. The molecule has 0 saturated carbocycles. The first-order valence-electron chi connectivity index (χ1n) is 38.6. The predicted molar refractivity (Wildman–Crippen MR) is 426 cm³/mol. The van der Waals surface area contributed by atoms with Crippen molar-refractivity contribution in [2.75, 3.05) is 19.7 Å². The second-order valence-electron chi connectivity index (χ2n) is 28.8. The molecule has 4 aromatic carbocycles. The first-order chi connectivity index (χ1) is 55.8. The molecule has 0 radical (unpaired) electrons. The van der Waals surface area contributed by atoms with E-state index in [0.717, 1.165) is 12.8 Å². The number of H-pyrrole nitrogens is 1. The van der Waals surface area contributed by atoms with E-state index in [1.165, 1.54) is 54.2 Å². The minimum Gasteiger partial charge on any atom is -0.508 e. The fourth-order valence-corrected chi connectivity index (χ4v) is 12.5. The van der Waals surface area contributed by atoms with Crippen LogP contribution in [0.15, 0.2) is 116 Å². The molecule has 2 heterocycles. The molecule has 0 saturated heterocycles. The molecule has 0 aliphatic heterocycles. The van der Waals surface area contributed by atoms with Crippen LogP contribution in [0.5, 0.6) is 11.5 Å². The van der Waals surface area contributed by atoms with Crippen molar-refractivity contribution in [2.24, 2.45) is 23.1 Å². The summed E-state index contributed by atoms with van der Waals surface area (Å²) in [5.41, 5.74) is 19.7. The van der Waals surface area contributed by atoms with Crippen LogP contribution in [0.4, 0.5) is 0 Å². The minimum atomic E-state index is -1.93. The van der Waals surface area contributed by atoms with E-state index in [0.29, 0.717) is 39.6 Å². The fraction of sp³-hybridized carbons (Fsp3) is 0.456. The van der Waals surface area contributed by atoms with Gasteiger partial charge in [-0.15, -0.1) is 5.10 Å². The van der Waals surface area contributed by atoms with Crippen molar-refractivity contribution in [3.63, 3.8) is 0 Å². The van der Waals surface area contributed by atoms with Crippen LogP contribution < -0.4 is 81.0 Å². The molecule has 0 fully saturated rings. The number of hydrogen-bond acceptors (Lipinski definition) is 20. The van der Waals surface area contributed by atoms with Crippen molar-refractivity contribution in [3.8, 4) is 11.5 Å². The molecule has 10 atom stereocenters. The number of carboxylic acid groups (broad SMARTS) is 1. The number of unbranched alkanes of at least 4 members (excludes halogenated alkanes) is 3. The minimum absolute atomic E-state index is 0.00109. The summed E-state index contributed by atoms with van der Waals surface area (Å²) in [6, 6.07) is 12.3. The summed E-state index contributed by atoms with van der Waals surface area (Å²) in [6.07, 6.45) is 3.68. The summed E-state index contributed by atoms with van der Waals surface area (Å²) in [4.78, 5) is 194. The van der Waals surface area contributed by atoms with Crippen LogP contribution >= 0.6 is 0 Å². The Labute approximate surface area is 675 Å². The molecule has 24 N–H and O–H groups in total. The molecule has 117 heavy (non-hydrogen) atoms. The molecule has 38 heteroatoms. The number of rotatable bonds is 51. The molecule has 13 amide bonds. The van der Waals surface area contributed by atoms with Crippen molar-refractivity contribution >= 4 is 99.6 Å². The number of phenolic OH excluding ortho intramolecular Hbond substituents is 2. The summed E-state index contributed by atoms with van der Waals surface area (Å²) in [6.45, 7) is 5.48. The van der Waals surface area contributed by atoms with E-state index in [9.17, 15) is 87.5 Å². The zero-order valence-corrected chi connectivity index (χ0v) is 65.7. The number of para-hydroxylation sites is 1. The highest BCUT2D eigenvalue weighted by Gasteiger charge is 2.37. The number of benzene rings is 4. The van der Waals surface area contributed by atoms with Gasteiger partial charge in [-0.3, -0.25) is 67.7 Å². The van der Waals surface area contributed by atoms with Crippen molar-refractivity contribution in [1.82, 2.24) is 83.8 Å². The van der Waals surface area contributed by atoms with Gasteiger partial charge < -0.3 is 106 Å². The van der Waals surface area contributed by atoms with Crippen LogP contribution in [-0.4, -0.2) is 203 Å². The number of amides is 13. The van der Waals surface area contributed by atoms with Crippen LogP contribution in [0.2, 0.25) is 0 Å². The Hall–Kier alpha value is -13.0. The number of carbonyl (C=O) groups is 14. The van der Waals surface area contributed by atoms with Gasteiger partial charge in [0.15, 0.2) is 5.96 Å². The van der Waals surface area contributed by atoms with Crippen LogP contribution in [0.3, 0.4) is 0 Å². The summed E-state index contributed by atoms with van der Waals surface area (Å²) >= 11 is 0. The lowest BCUT2D eigenvalue weighted by Crippen LogP contribution is -2.61. The van der Waals surface area contributed by atoms with E-state index in [-0.39, 0.29) is 132 Å². The van der Waals surface area contributed by atoms with Crippen LogP contribution in [0.1, 0.15) is 145 Å². The number of hydrogen-bond donors (Lipinski definition) is 21. The summed E-state index contributed by atoms with van der Waals surface area (Å²) < 4.78 is 1.24. The smallest absolute Gasteiger partial charge is 0.326 e. The number of nitrogens with zero attached hydrogens (tertiary/aromatic N) is 3. The number of aromatic amines is 1. The second-order valence-corrected chi connectivity index (χ2v) is 28.8. The largest absolute Gasteiger partial charge is 0.508 e. The number of carboxylic acids is 1. The number of nitrogens with one attached hydrogen (secondary N) is 14. The Bertz CT molecular complexity index is 4370. The first-order valence-corrected chi connectivity index (χ1v) is 38.6. The number of carbonyl (C=O) groups excluding carboxylic acids is 13. The Balaban J connectivity index is 1.19. The van der Waals surface area contributed by atoms with Gasteiger partial charge in [0, 0.05) is 75.6 Å². The van der Waals surface area contributed by atoms with E-state index in [1.54, 1.807) is 72.9 Å². The molecular weight excluding hydrogens is 1520 g/mol. The molecule has 6 rings (SSSR count). The standard InChI is InChI=1S/C79H108N20O18/c1-5-6-8-22-68(106)89-58(78(116)117)31-32-67(105)84-33-14-13-20-56(90-73(111)61(88-46(4)101)38-49-25-29-53(103)30-26-49)72(110)94-62(39-50-41-86-55-19-12-11-18-54(50)55)74(112)95-63(40-66(80)104)75(113)96-64(44-100)76(114)93-60(37-47-16-9-7-10-17-47)70(108)87-42-51-43-99(98-97-51)65(35-45(2)3)77(115)91-57(21-15-34-85-79(82)83)71(109)92-59(69(81)107)36-48-23-27-52(102)28-24-48/h7,9-12,16-19,23-30,41,43,45,56-65,86,100,102-103H,5-6,8,13-15,20-22,31-40,42,44H2,1-4H3,(H2,80,104)(H2,81,107)(H,84,105)(H,87,108)(H,88,101)(H,89,106)(H,90,111)(H,91,115)(H,92,109)(H,93,114)(H,94,110)(H,95,112)(H,96,113)(H,116,117)(H4,82,83,85)/t56-,57-,58-,59-,60-,61-,62-,63-,64-,65-/m0/s1. The van der Waals surface area contributed by atoms with Crippen molar-refractivity contribution in [2.45, 2.75) is 204 Å². The van der Waals surface area contributed by atoms with Gasteiger partial charge in [-0.05, 0) is 110 Å². The molecule has 38 nitrogen and oxygen atoms in total.